The van der Waals surface area contributed by atoms with Crippen LogP contribution in [0.15, 0.2) is 54.6 Å². The van der Waals surface area contributed by atoms with E-state index in [-0.39, 0.29) is 6.42 Å². The first kappa shape index (κ1) is 12.3. The lowest BCUT2D eigenvalue weighted by Crippen LogP contribution is -2.26. The van der Waals surface area contributed by atoms with Gasteiger partial charge >= 0.3 is 0 Å². The Hall–Kier alpha value is -2.11. The molecule has 0 heterocycles. The fourth-order valence-corrected chi connectivity index (χ4v) is 2.10. The van der Waals surface area contributed by atoms with Gasteiger partial charge in [0.25, 0.3) is 0 Å². The zero-order valence-corrected chi connectivity index (χ0v) is 10.3. The Morgan fingerprint density at radius 1 is 1.06 bits per heavy atom. The Bertz CT molecular complexity index is 571. The zero-order chi connectivity index (χ0) is 13.0. The van der Waals surface area contributed by atoms with Crippen LogP contribution in [0.25, 0.3) is 0 Å². The van der Waals surface area contributed by atoms with E-state index in [1.54, 1.807) is 0 Å². The molecular weight excluding hydrogens is 222 g/mol. The summed E-state index contributed by atoms with van der Waals surface area (Å²) in [5.74, 6) is 0. The molecule has 18 heavy (non-hydrogen) atoms. The third-order valence-electron chi connectivity index (χ3n) is 3.08. The molecular formula is C16H15NO. The van der Waals surface area contributed by atoms with E-state index in [4.69, 9.17) is 5.26 Å². The molecule has 0 aliphatic heterocycles. The highest BCUT2D eigenvalue weighted by molar-refractivity contribution is 5.38. The van der Waals surface area contributed by atoms with Gasteiger partial charge in [-0.15, -0.1) is 0 Å². The summed E-state index contributed by atoms with van der Waals surface area (Å²) in [6.07, 6.45) is 0.0421. The van der Waals surface area contributed by atoms with E-state index in [1.807, 2.05) is 61.5 Å². The number of hydrogen-bond acceptors (Lipinski definition) is 2. The highest BCUT2D eigenvalue weighted by Crippen LogP contribution is 2.32. The molecule has 0 aliphatic rings. The predicted octanol–water partition coefficient (Wildman–Crippen LogP) is 3.14. The van der Waals surface area contributed by atoms with E-state index in [2.05, 4.69) is 6.07 Å². The van der Waals surface area contributed by atoms with Crippen molar-refractivity contribution in [1.29, 1.82) is 5.26 Å². The van der Waals surface area contributed by atoms with Gasteiger partial charge in [-0.05, 0) is 18.1 Å². The van der Waals surface area contributed by atoms with Crippen LogP contribution in [0.1, 0.15) is 23.1 Å². The Morgan fingerprint density at radius 3 is 2.33 bits per heavy atom. The molecule has 0 unspecified atom stereocenters. The number of nitriles is 1. The van der Waals surface area contributed by atoms with Crippen molar-refractivity contribution in [2.45, 2.75) is 18.9 Å². The second-order valence-electron chi connectivity index (χ2n) is 4.43. The fourth-order valence-electron chi connectivity index (χ4n) is 2.10. The summed E-state index contributed by atoms with van der Waals surface area (Å²) < 4.78 is 0. The lowest BCUT2D eigenvalue weighted by molar-refractivity contribution is 0.0859. The lowest BCUT2D eigenvalue weighted by Gasteiger charge is -2.27. The first-order valence-electron chi connectivity index (χ1n) is 5.89. The van der Waals surface area contributed by atoms with Gasteiger partial charge in [0.15, 0.2) is 0 Å². The second kappa shape index (κ2) is 5.03. The molecule has 2 heteroatoms. The van der Waals surface area contributed by atoms with E-state index in [9.17, 15) is 5.11 Å². The lowest BCUT2D eigenvalue weighted by atomic mass is 9.83. The third-order valence-corrected chi connectivity index (χ3v) is 3.08. The van der Waals surface area contributed by atoms with Crippen LogP contribution in [0.3, 0.4) is 0 Å². The van der Waals surface area contributed by atoms with E-state index in [0.717, 1.165) is 16.7 Å². The molecule has 0 aliphatic carbocycles. The standard InChI is InChI=1S/C16H15NO/c1-13-6-5-9-15(12-13)16(18,10-11-17)14-7-3-2-4-8-14/h2-9,12,18H,10H2,1H3/t16-/m0/s1. The highest BCUT2D eigenvalue weighted by atomic mass is 16.3. The molecule has 0 amide bonds. The minimum absolute atomic E-state index is 0.0421. The van der Waals surface area contributed by atoms with Crippen LogP contribution < -0.4 is 0 Å². The molecule has 0 saturated carbocycles. The Morgan fingerprint density at radius 2 is 1.72 bits per heavy atom. The third kappa shape index (κ3) is 2.27. The first-order chi connectivity index (χ1) is 8.66. The molecule has 0 radical (unpaired) electrons. The maximum Gasteiger partial charge on any atom is 0.128 e. The van der Waals surface area contributed by atoms with Crippen molar-refractivity contribution in [1.82, 2.24) is 0 Å². The summed E-state index contributed by atoms with van der Waals surface area (Å²) in [7, 11) is 0. The van der Waals surface area contributed by atoms with Gasteiger partial charge in [-0.2, -0.15) is 5.26 Å². The van der Waals surface area contributed by atoms with Gasteiger partial charge in [0.2, 0.25) is 0 Å². The summed E-state index contributed by atoms with van der Waals surface area (Å²) in [6.45, 7) is 1.97. The monoisotopic (exact) mass is 237 g/mol. The van der Waals surface area contributed by atoms with Gasteiger partial charge in [-0.1, -0.05) is 60.2 Å². The summed E-state index contributed by atoms with van der Waals surface area (Å²) in [5.41, 5.74) is 1.34. The van der Waals surface area contributed by atoms with Crippen LogP contribution in [0.4, 0.5) is 0 Å². The zero-order valence-electron chi connectivity index (χ0n) is 10.3. The predicted molar refractivity (Wildman–Crippen MR) is 70.8 cm³/mol. The first-order valence-corrected chi connectivity index (χ1v) is 5.89. The van der Waals surface area contributed by atoms with E-state index >= 15 is 0 Å². The summed E-state index contributed by atoms with van der Waals surface area (Å²) >= 11 is 0. The maximum atomic E-state index is 10.9. The van der Waals surface area contributed by atoms with Gasteiger partial charge in [-0.25, -0.2) is 0 Å². The molecule has 2 aromatic rings. The SMILES string of the molecule is Cc1cccc([C@](O)(CC#N)c2ccccc2)c1. The van der Waals surface area contributed by atoms with Gasteiger partial charge in [0.05, 0.1) is 12.5 Å². The van der Waals surface area contributed by atoms with Crippen molar-refractivity contribution in [3.63, 3.8) is 0 Å². The molecule has 2 nitrogen and oxygen atoms in total. The molecule has 0 saturated heterocycles. The molecule has 0 fully saturated rings. The summed E-state index contributed by atoms with van der Waals surface area (Å²) in [5, 5.41) is 19.8. The number of aryl methyl sites for hydroxylation is 1. The molecule has 1 N–H and O–H groups in total. The molecule has 0 bridgehead atoms. The smallest absolute Gasteiger partial charge is 0.128 e. The van der Waals surface area contributed by atoms with Crippen LogP contribution in [0.2, 0.25) is 0 Å². The van der Waals surface area contributed by atoms with Crippen molar-refractivity contribution in [3.8, 4) is 6.07 Å². The average Bonchev–Trinajstić information content (AvgIpc) is 2.40. The van der Waals surface area contributed by atoms with Crippen LogP contribution in [0, 0.1) is 18.3 Å². The number of nitrogens with zero attached hydrogens (tertiary/aromatic N) is 1. The maximum absolute atomic E-state index is 10.9. The van der Waals surface area contributed by atoms with Gasteiger partial charge < -0.3 is 5.11 Å². The van der Waals surface area contributed by atoms with Crippen molar-refractivity contribution in [2.75, 3.05) is 0 Å². The van der Waals surface area contributed by atoms with Gasteiger partial charge in [0, 0.05) is 0 Å². The van der Waals surface area contributed by atoms with Gasteiger partial charge in [-0.3, -0.25) is 0 Å². The number of hydrogen-bond donors (Lipinski definition) is 1. The molecule has 0 spiro atoms. The van der Waals surface area contributed by atoms with Crippen LogP contribution in [-0.4, -0.2) is 5.11 Å². The van der Waals surface area contributed by atoms with Crippen molar-refractivity contribution < 1.29 is 5.11 Å². The van der Waals surface area contributed by atoms with E-state index in [0.29, 0.717) is 0 Å². The summed E-state index contributed by atoms with van der Waals surface area (Å²) in [4.78, 5) is 0. The van der Waals surface area contributed by atoms with Crippen molar-refractivity contribution >= 4 is 0 Å². The van der Waals surface area contributed by atoms with Crippen LogP contribution >= 0.6 is 0 Å². The normalized spacial score (nSPS) is 13.6. The Kier molecular flexibility index (Phi) is 3.45. The van der Waals surface area contributed by atoms with Crippen molar-refractivity contribution in [3.05, 3.63) is 71.3 Å². The molecule has 2 rings (SSSR count). The summed E-state index contributed by atoms with van der Waals surface area (Å²) in [6, 6.07) is 19.1. The second-order valence-corrected chi connectivity index (χ2v) is 4.43. The molecule has 2 aromatic carbocycles. The van der Waals surface area contributed by atoms with E-state index < -0.39 is 5.60 Å². The van der Waals surface area contributed by atoms with Crippen molar-refractivity contribution in [2.24, 2.45) is 0 Å². The number of rotatable bonds is 3. The quantitative estimate of drug-likeness (QED) is 0.891. The van der Waals surface area contributed by atoms with E-state index in [1.165, 1.54) is 0 Å². The van der Waals surface area contributed by atoms with Crippen LogP contribution in [-0.2, 0) is 5.60 Å². The fraction of sp³-hybridized carbons (Fsp3) is 0.188. The highest BCUT2D eigenvalue weighted by Gasteiger charge is 2.31. The Balaban J connectivity index is 2.55. The molecule has 1 atom stereocenters. The molecule has 0 aromatic heterocycles. The number of aliphatic hydroxyl groups is 1. The minimum atomic E-state index is -1.23. The number of benzene rings is 2. The average molecular weight is 237 g/mol. The largest absolute Gasteiger partial charge is 0.379 e. The minimum Gasteiger partial charge on any atom is -0.379 e. The van der Waals surface area contributed by atoms with Gasteiger partial charge in [0.1, 0.15) is 5.60 Å². The molecule has 90 valence electrons. The van der Waals surface area contributed by atoms with Crippen LogP contribution in [0.5, 0.6) is 0 Å². The Labute approximate surface area is 107 Å². The topological polar surface area (TPSA) is 44.0 Å².